The van der Waals surface area contributed by atoms with Crippen molar-refractivity contribution in [3.8, 4) is 0 Å². The SMILES string of the molecule is Clc1ccccc1/C=N/Nc1nc(Nc2ccccc2)nc(N2CCCC2)n1. The van der Waals surface area contributed by atoms with Gasteiger partial charge in [-0.05, 0) is 31.0 Å². The van der Waals surface area contributed by atoms with Crippen LogP contribution in [0.25, 0.3) is 0 Å². The Morgan fingerprint density at radius 3 is 2.39 bits per heavy atom. The van der Waals surface area contributed by atoms with Crippen molar-refractivity contribution in [2.75, 3.05) is 28.7 Å². The first kappa shape index (κ1) is 18.2. The number of aromatic nitrogens is 3. The van der Waals surface area contributed by atoms with Crippen LogP contribution < -0.4 is 15.6 Å². The van der Waals surface area contributed by atoms with Crippen LogP contribution in [-0.4, -0.2) is 34.3 Å². The fraction of sp³-hybridized carbons (Fsp3) is 0.200. The molecule has 1 aliphatic heterocycles. The average molecular weight is 394 g/mol. The second-order valence-electron chi connectivity index (χ2n) is 6.36. The topological polar surface area (TPSA) is 78.3 Å². The van der Waals surface area contributed by atoms with Gasteiger partial charge < -0.3 is 10.2 Å². The Morgan fingerprint density at radius 1 is 0.893 bits per heavy atom. The lowest BCUT2D eigenvalue weighted by atomic mass is 10.2. The van der Waals surface area contributed by atoms with Gasteiger partial charge in [0.1, 0.15) is 0 Å². The molecule has 2 N–H and O–H groups in total. The normalized spacial score (nSPS) is 13.8. The molecular formula is C20H20ClN7. The molecule has 0 bridgehead atoms. The summed E-state index contributed by atoms with van der Waals surface area (Å²) in [5.74, 6) is 1.48. The van der Waals surface area contributed by atoms with E-state index in [1.54, 1.807) is 6.21 Å². The Morgan fingerprint density at radius 2 is 1.61 bits per heavy atom. The average Bonchev–Trinajstić information content (AvgIpc) is 3.25. The molecule has 1 fully saturated rings. The molecule has 0 amide bonds. The van der Waals surface area contributed by atoms with E-state index in [0.29, 0.717) is 22.9 Å². The molecule has 0 atom stereocenters. The molecule has 3 aromatic rings. The largest absolute Gasteiger partial charge is 0.341 e. The van der Waals surface area contributed by atoms with Gasteiger partial charge in [0.25, 0.3) is 0 Å². The van der Waals surface area contributed by atoms with Crippen molar-refractivity contribution in [3.05, 3.63) is 65.2 Å². The molecule has 0 aliphatic carbocycles. The number of para-hydroxylation sites is 1. The Kier molecular flexibility index (Phi) is 5.63. The Balaban J connectivity index is 1.57. The molecule has 1 aliphatic rings. The molecule has 0 radical (unpaired) electrons. The van der Waals surface area contributed by atoms with Crippen LogP contribution in [0.3, 0.4) is 0 Å². The van der Waals surface area contributed by atoms with Gasteiger partial charge in [-0.2, -0.15) is 20.1 Å². The van der Waals surface area contributed by atoms with Crippen LogP contribution in [-0.2, 0) is 0 Å². The van der Waals surface area contributed by atoms with Crippen LogP contribution in [0, 0.1) is 0 Å². The second-order valence-corrected chi connectivity index (χ2v) is 6.77. The van der Waals surface area contributed by atoms with E-state index in [4.69, 9.17) is 11.6 Å². The smallest absolute Gasteiger partial charge is 0.250 e. The second kappa shape index (κ2) is 8.67. The van der Waals surface area contributed by atoms with E-state index in [9.17, 15) is 0 Å². The summed E-state index contributed by atoms with van der Waals surface area (Å²) in [5, 5.41) is 8.09. The summed E-state index contributed by atoms with van der Waals surface area (Å²) in [5.41, 5.74) is 4.61. The fourth-order valence-electron chi connectivity index (χ4n) is 2.92. The third-order valence-corrected chi connectivity index (χ3v) is 4.66. The highest BCUT2D eigenvalue weighted by Crippen LogP contribution is 2.21. The number of rotatable bonds is 6. The van der Waals surface area contributed by atoms with Crippen LogP contribution in [0.5, 0.6) is 0 Å². The quantitative estimate of drug-likeness (QED) is 0.479. The molecule has 4 rings (SSSR count). The van der Waals surface area contributed by atoms with Crippen LogP contribution in [0.2, 0.25) is 5.02 Å². The number of nitrogens with zero attached hydrogens (tertiary/aromatic N) is 5. The third kappa shape index (κ3) is 4.55. The number of benzene rings is 2. The van der Waals surface area contributed by atoms with Gasteiger partial charge >= 0.3 is 0 Å². The molecule has 2 heterocycles. The number of nitrogens with one attached hydrogen (secondary N) is 2. The number of anilines is 4. The molecule has 0 saturated carbocycles. The molecule has 0 unspecified atom stereocenters. The number of hydrazone groups is 1. The molecule has 1 aromatic heterocycles. The number of hydrogen-bond acceptors (Lipinski definition) is 7. The van der Waals surface area contributed by atoms with Gasteiger partial charge in [0.05, 0.1) is 6.21 Å². The maximum atomic E-state index is 6.16. The van der Waals surface area contributed by atoms with Crippen LogP contribution >= 0.6 is 11.6 Å². The van der Waals surface area contributed by atoms with Gasteiger partial charge in [0.15, 0.2) is 0 Å². The van der Waals surface area contributed by atoms with Crippen LogP contribution in [0.15, 0.2) is 59.7 Å². The molecule has 8 heteroatoms. The summed E-state index contributed by atoms with van der Waals surface area (Å²) < 4.78 is 0. The molecule has 1 saturated heterocycles. The molecular weight excluding hydrogens is 374 g/mol. The zero-order valence-electron chi connectivity index (χ0n) is 15.2. The van der Waals surface area contributed by atoms with Gasteiger partial charge in [-0.25, -0.2) is 5.43 Å². The van der Waals surface area contributed by atoms with Crippen molar-refractivity contribution in [1.29, 1.82) is 0 Å². The molecule has 28 heavy (non-hydrogen) atoms. The monoisotopic (exact) mass is 393 g/mol. The lowest BCUT2D eigenvalue weighted by Crippen LogP contribution is -2.21. The van der Waals surface area contributed by atoms with E-state index in [2.05, 4.69) is 35.7 Å². The first-order chi connectivity index (χ1) is 13.8. The Bertz CT molecular complexity index is 956. The first-order valence-electron chi connectivity index (χ1n) is 9.15. The zero-order valence-corrected chi connectivity index (χ0v) is 16.0. The summed E-state index contributed by atoms with van der Waals surface area (Å²) in [7, 11) is 0. The van der Waals surface area contributed by atoms with Gasteiger partial charge in [0, 0.05) is 29.4 Å². The van der Waals surface area contributed by atoms with Crippen molar-refractivity contribution >= 4 is 41.3 Å². The van der Waals surface area contributed by atoms with E-state index in [0.717, 1.165) is 37.2 Å². The van der Waals surface area contributed by atoms with Crippen molar-refractivity contribution < 1.29 is 0 Å². The number of halogens is 1. The summed E-state index contributed by atoms with van der Waals surface area (Å²) in [6.45, 7) is 1.88. The summed E-state index contributed by atoms with van der Waals surface area (Å²) in [4.78, 5) is 15.7. The van der Waals surface area contributed by atoms with Crippen LogP contribution in [0.1, 0.15) is 18.4 Å². The maximum absolute atomic E-state index is 6.16. The maximum Gasteiger partial charge on any atom is 0.250 e. The van der Waals surface area contributed by atoms with Gasteiger partial charge in [-0.3, -0.25) is 0 Å². The van der Waals surface area contributed by atoms with Crippen LogP contribution in [0.4, 0.5) is 23.5 Å². The molecule has 2 aromatic carbocycles. The van der Waals surface area contributed by atoms with E-state index in [-0.39, 0.29) is 0 Å². The predicted octanol–water partition coefficient (Wildman–Crippen LogP) is 4.31. The number of hydrogen-bond donors (Lipinski definition) is 2. The summed E-state index contributed by atoms with van der Waals surface area (Å²) in [6.07, 6.45) is 3.92. The van der Waals surface area contributed by atoms with Gasteiger partial charge in [-0.15, -0.1) is 0 Å². The minimum atomic E-state index is 0.374. The summed E-state index contributed by atoms with van der Waals surface area (Å²) >= 11 is 6.16. The Labute approximate surface area is 168 Å². The lowest BCUT2D eigenvalue weighted by Gasteiger charge is -2.16. The highest BCUT2D eigenvalue weighted by molar-refractivity contribution is 6.33. The minimum Gasteiger partial charge on any atom is -0.341 e. The van der Waals surface area contributed by atoms with Gasteiger partial charge in [-0.1, -0.05) is 48.0 Å². The standard InChI is InChI=1S/C20H20ClN7/c21-17-11-5-4-8-15(17)14-22-27-19-24-18(23-16-9-2-1-3-10-16)25-20(26-19)28-12-6-7-13-28/h1-5,8-11,14H,6-7,12-13H2,(H2,23,24,25,26,27)/b22-14+. The van der Waals surface area contributed by atoms with E-state index in [1.807, 2.05) is 54.6 Å². The Hall–Kier alpha value is -3.19. The van der Waals surface area contributed by atoms with E-state index < -0.39 is 0 Å². The predicted molar refractivity (Wildman–Crippen MR) is 114 cm³/mol. The summed E-state index contributed by atoms with van der Waals surface area (Å²) in [6, 6.07) is 17.3. The zero-order chi connectivity index (χ0) is 19.2. The van der Waals surface area contributed by atoms with Crippen molar-refractivity contribution in [2.45, 2.75) is 12.8 Å². The molecule has 142 valence electrons. The van der Waals surface area contributed by atoms with Crippen molar-refractivity contribution in [3.63, 3.8) is 0 Å². The minimum absolute atomic E-state index is 0.374. The highest BCUT2D eigenvalue weighted by atomic mass is 35.5. The van der Waals surface area contributed by atoms with Crippen molar-refractivity contribution in [1.82, 2.24) is 15.0 Å². The van der Waals surface area contributed by atoms with E-state index >= 15 is 0 Å². The lowest BCUT2D eigenvalue weighted by molar-refractivity contribution is 0.883. The molecule has 0 spiro atoms. The van der Waals surface area contributed by atoms with Gasteiger partial charge in [0.2, 0.25) is 17.8 Å². The highest BCUT2D eigenvalue weighted by Gasteiger charge is 2.17. The first-order valence-corrected chi connectivity index (χ1v) is 9.52. The van der Waals surface area contributed by atoms with Crippen molar-refractivity contribution in [2.24, 2.45) is 5.10 Å². The fourth-order valence-corrected chi connectivity index (χ4v) is 3.10. The van der Waals surface area contributed by atoms with E-state index in [1.165, 1.54) is 0 Å². The molecule has 7 nitrogen and oxygen atoms in total. The third-order valence-electron chi connectivity index (χ3n) is 4.32.